The number of nitrogens with zero attached hydrogens (tertiary/aromatic N) is 4. The fraction of sp³-hybridized carbons (Fsp3) is 0.364. The third-order valence-electron chi connectivity index (χ3n) is 10.5. The third-order valence-corrected chi connectivity index (χ3v) is 12.6. The minimum atomic E-state index is -4.86. The first-order valence-corrected chi connectivity index (χ1v) is 22.0. The second kappa shape index (κ2) is 20.7. The highest BCUT2D eigenvalue weighted by molar-refractivity contribution is 7.14. The summed E-state index contributed by atoms with van der Waals surface area (Å²) in [4.78, 5) is 61.1. The zero-order chi connectivity index (χ0) is 44.6. The van der Waals surface area contributed by atoms with Crippen LogP contribution in [0.5, 0.6) is 5.75 Å². The van der Waals surface area contributed by atoms with E-state index in [1.165, 1.54) is 65.1 Å². The average Bonchev–Trinajstić information content (AvgIpc) is 3.56. The van der Waals surface area contributed by atoms with Crippen LogP contribution in [-0.4, -0.2) is 63.4 Å². The summed E-state index contributed by atoms with van der Waals surface area (Å²) >= 11 is 8.58. The van der Waals surface area contributed by atoms with Crippen molar-refractivity contribution in [3.05, 3.63) is 100.0 Å². The molecule has 11 nitrogen and oxygen atoms in total. The Morgan fingerprint density at radius 1 is 0.806 bits per heavy atom. The fourth-order valence-electron chi connectivity index (χ4n) is 7.44. The maximum atomic E-state index is 13.7. The van der Waals surface area contributed by atoms with E-state index >= 15 is 0 Å². The van der Waals surface area contributed by atoms with Gasteiger partial charge in [0.05, 0.1) is 35.2 Å². The monoisotopic (exact) mass is 914 g/mol. The predicted octanol–water partition coefficient (Wildman–Crippen LogP) is 10.8. The molecule has 18 heteroatoms. The van der Waals surface area contributed by atoms with Crippen LogP contribution in [0.2, 0.25) is 5.02 Å². The van der Waals surface area contributed by atoms with Crippen molar-refractivity contribution in [1.82, 2.24) is 9.97 Å². The largest absolute Gasteiger partial charge is 0.573 e. The van der Waals surface area contributed by atoms with Crippen molar-refractivity contribution in [2.45, 2.75) is 76.6 Å². The normalized spacial score (nSPS) is 14.9. The van der Waals surface area contributed by atoms with Gasteiger partial charge in [-0.2, -0.15) is 0 Å². The molecule has 2 fully saturated rings. The third kappa shape index (κ3) is 12.6. The quantitative estimate of drug-likeness (QED) is 0.0922. The summed E-state index contributed by atoms with van der Waals surface area (Å²) < 4.78 is 55.9. The number of halogens is 5. The molecule has 0 aliphatic heterocycles. The molecule has 5 aromatic rings. The SMILES string of the molecule is CN(C(=O)[C@@H](CC(=O)O)Cc1ccccc1)c1nc(-c2ccccc2OC(F)(F)F)cs1.O=C(O)C[C@@H](CC1CCCC1)C(=O)N(c1nc(-c2cc(F)ccc2Cl)cs1)C1CC1. The summed E-state index contributed by atoms with van der Waals surface area (Å²) in [5, 5.41) is 23.1. The van der Waals surface area contributed by atoms with Gasteiger partial charge in [0.15, 0.2) is 10.3 Å². The molecule has 2 saturated carbocycles. The molecule has 0 saturated heterocycles. The first-order chi connectivity index (χ1) is 29.6. The summed E-state index contributed by atoms with van der Waals surface area (Å²) in [6, 6.07) is 18.8. The molecule has 7 rings (SSSR count). The van der Waals surface area contributed by atoms with Crippen molar-refractivity contribution in [3.63, 3.8) is 0 Å². The van der Waals surface area contributed by atoms with E-state index in [0.29, 0.717) is 33.8 Å². The van der Waals surface area contributed by atoms with Gasteiger partial charge < -0.3 is 14.9 Å². The number of thiazole rings is 2. The molecule has 0 radical (unpaired) electrons. The summed E-state index contributed by atoms with van der Waals surface area (Å²) in [6.07, 6.45) is 1.64. The number of aliphatic carboxylic acids is 2. The van der Waals surface area contributed by atoms with Crippen LogP contribution in [0.15, 0.2) is 83.6 Å². The number of para-hydroxylation sites is 1. The predicted molar refractivity (Wildman–Crippen MR) is 229 cm³/mol. The molecule has 2 amide bonds. The summed E-state index contributed by atoms with van der Waals surface area (Å²) in [5.41, 5.74) is 2.15. The van der Waals surface area contributed by atoms with Gasteiger partial charge in [-0.15, -0.1) is 35.8 Å². The number of aromatic nitrogens is 2. The lowest BCUT2D eigenvalue weighted by molar-refractivity contribution is -0.274. The Kier molecular flexibility index (Phi) is 15.4. The van der Waals surface area contributed by atoms with Crippen LogP contribution in [0, 0.1) is 23.6 Å². The average molecular weight is 915 g/mol. The molecule has 62 heavy (non-hydrogen) atoms. The van der Waals surface area contributed by atoms with Gasteiger partial charge in [-0.1, -0.05) is 79.7 Å². The van der Waals surface area contributed by atoms with E-state index in [0.717, 1.165) is 55.4 Å². The second-order valence-electron chi connectivity index (χ2n) is 15.2. The highest BCUT2D eigenvalue weighted by atomic mass is 35.5. The molecular weight excluding hydrogens is 872 g/mol. The number of carboxylic acids is 2. The van der Waals surface area contributed by atoms with Crippen LogP contribution in [0.3, 0.4) is 0 Å². The molecule has 2 aliphatic rings. The van der Waals surface area contributed by atoms with Crippen LogP contribution in [-0.2, 0) is 25.6 Å². The molecule has 2 aliphatic carbocycles. The number of rotatable bonds is 16. The molecular formula is C44H43ClF4N4O7S2. The standard InChI is InChI=1S/C22H24ClFN2O3S.C22H19F3N2O4S/c23-18-8-5-15(24)11-17(18)19-12-30-22(25-19)26(16-6-7-16)21(29)14(10-20(27)28)9-13-3-1-2-4-13;1-27(20(30)15(12-19(28)29)11-14-7-3-2-4-8-14)21-26-17(13-32-21)16-9-5-6-10-18(16)31-22(23,24)25/h5,8,11-14,16H,1-4,6-7,9-10H2,(H,27,28);2-10,13,15H,11-12H2,1H3,(H,28,29)/t14-;15-/m11/s1. The molecule has 2 heterocycles. The van der Waals surface area contributed by atoms with Gasteiger partial charge in [0.1, 0.15) is 11.6 Å². The van der Waals surface area contributed by atoms with Gasteiger partial charge >= 0.3 is 18.3 Å². The van der Waals surface area contributed by atoms with Crippen molar-refractivity contribution in [2.24, 2.45) is 17.8 Å². The Morgan fingerprint density at radius 3 is 2.05 bits per heavy atom. The maximum absolute atomic E-state index is 13.7. The number of hydrogen-bond acceptors (Lipinski definition) is 9. The number of benzene rings is 3. The number of anilines is 2. The lowest BCUT2D eigenvalue weighted by Crippen LogP contribution is -2.39. The smallest absolute Gasteiger partial charge is 0.481 e. The van der Waals surface area contributed by atoms with Crippen LogP contribution >= 0.6 is 34.3 Å². The maximum Gasteiger partial charge on any atom is 0.573 e. The number of alkyl halides is 3. The molecule has 2 atom stereocenters. The topological polar surface area (TPSA) is 150 Å². The van der Waals surface area contributed by atoms with E-state index in [1.807, 2.05) is 6.07 Å². The van der Waals surface area contributed by atoms with Crippen molar-refractivity contribution < 1.29 is 51.7 Å². The van der Waals surface area contributed by atoms with Crippen molar-refractivity contribution >= 4 is 68.3 Å². The Bertz CT molecular complexity index is 2350. The van der Waals surface area contributed by atoms with Crippen molar-refractivity contribution in [3.8, 4) is 28.3 Å². The lowest BCUT2D eigenvalue weighted by Gasteiger charge is -2.26. The number of carbonyl (C=O) groups excluding carboxylic acids is 2. The van der Waals surface area contributed by atoms with Gasteiger partial charge in [-0.05, 0) is 67.5 Å². The van der Waals surface area contributed by atoms with Gasteiger partial charge in [-0.25, -0.2) is 14.4 Å². The van der Waals surface area contributed by atoms with Crippen molar-refractivity contribution in [1.29, 1.82) is 0 Å². The van der Waals surface area contributed by atoms with Gasteiger partial charge in [-0.3, -0.25) is 29.0 Å². The Hall–Kier alpha value is -5.39. The first-order valence-electron chi connectivity index (χ1n) is 19.9. The minimum absolute atomic E-state index is 0.0550. The molecule has 3 aromatic carbocycles. The fourth-order valence-corrected chi connectivity index (χ4v) is 9.35. The lowest BCUT2D eigenvalue weighted by atomic mass is 9.90. The van der Waals surface area contributed by atoms with E-state index in [-0.39, 0.29) is 47.6 Å². The molecule has 2 N–H and O–H groups in total. The zero-order valence-corrected chi connectivity index (χ0v) is 35.8. The highest BCUT2D eigenvalue weighted by Crippen LogP contribution is 2.41. The molecule has 0 spiro atoms. The van der Waals surface area contributed by atoms with Gasteiger partial charge in [0, 0.05) is 40.9 Å². The summed E-state index contributed by atoms with van der Waals surface area (Å²) in [7, 11) is 1.46. The number of amides is 2. The number of ether oxygens (including phenoxy) is 1. The van der Waals surface area contributed by atoms with E-state index in [2.05, 4.69) is 14.7 Å². The van der Waals surface area contributed by atoms with Crippen LogP contribution in [0.4, 0.5) is 27.8 Å². The number of carboxylic acid groups (broad SMARTS) is 2. The highest BCUT2D eigenvalue weighted by Gasteiger charge is 2.40. The molecule has 0 bridgehead atoms. The minimum Gasteiger partial charge on any atom is -0.481 e. The van der Waals surface area contributed by atoms with E-state index in [9.17, 15) is 47.0 Å². The van der Waals surface area contributed by atoms with E-state index in [1.54, 1.807) is 40.6 Å². The number of carbonyl (C=O) groups is 4. The number of hydrogen-bond donors (Lipinski definition) is 2. The molecule has 2 aromatic heterocycles. The Labute approximate surface area is 368 Å². The van der Waals surface area contributed by atoms with E-state index < -0.39 is 47.6 Å². The van der Waals surface area contributed by atoms with Crippen LogP contribution in [0.1, 0.15) is 63.4 Å². The summed E-state index contributed by atoms with van der Waals surface area (Å²) in [6.45, 7) is 0. The Morgan fingerprint density at radius 2 is 1.40 bits per heavy atom. The zero-order valence-electron chi connectivity index (χ0n) is 33.4. The van der Waals surface area contributed by atoms with Crippen molar-refractivity contribution in [2.75, 3.05) is 16.8 Å². The van der Waals surface area contributed by atoms with Gasteiger partial charge in [0.2, 0.25) is 11.8 Å². The second-order valence-corrected chi connectivity index (χ2v) is 17.3. The molecule has 328 valence electrons. The van der Waals surface area contributed by atoms with Gasteiger partial charge in [0.25, 0.3) is 0 Å². The first kappa shape index (κ1) is 46.1. The molecule has 0 unspecified atom stereocenters. The van der Waals surface area contributed by atoms with E-state index in [4.69, 9.17) is 11.6 Å². The Balaban J connectivity index is 0.000000207. The van der Waals surface area contributed by atoms with Crippen LogP contribution in [0.25, 0.3) is 22.5 Å². The van der Waals surface area contributed by atoms with Crippen LogP contribution < -0.4 is 14.5 Å². The summed E-state index contributed by atoms with van der Waals surface area (Å²) in [5.74, 6) is -4.42.